The average Bonchev–Trinajstić information content (AvgIpc) is 2.43. The molecule has 0 aliphatic carbocycles. The van der Waals surface area contributed by atoms with Gasteiger partial charge in [0.25, 0.3) is 0 Å². The molecule has 3 heteroatoms. The summed E-state index contributed by atoms with van der Waals surface area (Å²) in [6.07, 6.45) is 4.54. The van der Waals surface area contributed by atoms with Gasteiger partial charge in [-0.2, -0.15) is 0 Å². The summed E-state index contributed by atoms with van der Waals surface area (Å²) in [5.41, 5.74) is 1.40. The Morgan fingerprint density at radius 1 is 1.16 bits per heavy atom. The molecular weight excluding hydrogens is 236 g/mol. The zero-order valence-corrected chi connectivity index (χ0v) is 12.1. The highest BCUT2D eigenvalue weighted by Gasteiger charge is 2.10. The molecule has 1 atom stereocenters. The zero-order valence-electron chi connectivity index (χ0n) is 12.1. The summed E-state index contributed by atoms with van der Waals surface area (Å²) in [5, 5.41) is 6.00. The van der Waals surface area contributed by atoms with Crippen molar-refractivity contribution in [1.29, 1.82) is 0 Å². The molecule has 0 aliphatic heterocycles. The van der Waals surface area contributed by atoms with Crippen LogP contribution in [0.4, 0.5) is 0 Å². The third-order valence-corrected chi connectivity index (χ3v) is 3.24. The lowest BCUT2D eigenvalue weighted by atomic mass is 10.1. The van der Waals surface area contributed by atoms with Crippen LogP contribution in [0.15, 0.2) is 30.3 Å². The Morgan fingerprint density at radius 2 is 1.89 bits per heavy atom. The van der Waals surface area contributed by atoms with Gasteiger partial charge in [0.2, 0.25) is 5.91 Å². The Labute approximate surface area is 116 Å². The van der Waals surface area contributed by atoms with E-state index in [0.717, 1.165) is 32.4 Å². The summed E-state index contributed by atoms with van der Waals surface area (Å²) < 4.78 is 0. The molecule has 0 aliphatic rings. The highest BCUT2D eigenvalue weighted by Crippen LogP contribution is 2.05. The molecule has 1 rings (SSSR count). The molecule has 1 unspecified atom stereocenters. The molecule has 106 valence electrons. The van der Waals surface area contributed by atoms with Crippen LogP contribution >= 0.6 is 0 Å². The third-order valence-electron chi connectivity index (χ3n) is 3.24. The van der Waals surface area contributed by atoms with Crippen molar-refractivity contribution in [3.63, 3.8) is 0 Å². The number of benzene rings is 1. The van der Waals surface area contributed by atoms with E-state index < -0.39 is 0 Å². The lowest BCUT2D eigenvalue weighted by Gasteiger charge is -2.11. The molecule has 1 amide bonds. The highest BCUT2D eigenvalue weighted by molar-refractivity contribution is 5.78. The van der Waals surface area contributed by atoms with Crippen molar-refractivity contribution in [2.45, 2.75) is 32.6 Å². The monoisotopic (exact) mass is 262 g/mol. The molecule has 0 saturated carbocycles. The van der Waals surface area contributed by atoms with Crippen LogP contribution in [0.2, 0.25) is 0 Å². The summed E-state index contributed by atoms with van der Waals surface area (Å²) in [6, 6.07) is 10.5. The van der Waals surface area contributed by atoms with E-state index in [1.165, 1.54) is 12.0 Å². The van der Waals surface area contributed by atoms with Gasteiger partial charge < -0.3 is 10.6 Å². The second kappa shape index (κ2) is 9.56. The maximum absolute atomic E-state index is 11.6. The first kappa shape index (κ1) is 15.7. The summed E-state index contributed by atoms with van der Waals surface area (Å²) in [7, 11) is 1.87. The maximum Gasteiger partial charge on any atom is 0.224 e. The van der Waals surface area contributed by atoms with Gasteiger partial charge in [-0.25, -0.2) is 0 Å². The van der Waals surface area contributed by atoms with Crippen molar-refractivity contribution in [1.82, 2.24) is 10.6 Å². The quantitative estimate of drug-likeness (QED) is 0.671. The van der Waals surface area contributed by atoms with Gasteiger partial charge in [0.05, 0.1) is 0 Å². The van der Waals surface area contributed by atoms with Crippen LogP contribution in [0.1, 0.15) is 31.7 Å². The smallest absolute Gasteiger partial charge is 0.224 e. The van der Waals surface area contributed by atoms with Crippen molar-refractivity contribution in [3.8, 4) is 0 Å². The minimum Gasteiger partial charge on any atom is -0.356 e. The van der Waals surface area contributed by atoms with Crippen molar-refractivity contribution < 1.29 is 4.79 Å². The van der Waals surface area contributed by atoms with Crippen LogP contribution in [-0.2, 0) is 11.2 Å². The number of rotatable bonds is 9. The van der Waals surface area contributed by atoms with Gasteiger partial charge in [-0.3, -0.25) is 4.79 Å². The fraction of sp³-hybridized carbons (Fsp3) is 0.562. The van der Waals surface area contributed by atoms with Crippen molar-refractivity contribution >= 4 is 5.91 Å². The molecule has 0 fully saturated rings. The van der Waals surface area contributed by atoms with E-state index in [2.05, 4.69) is 34.9 Å². The summed E-state index contributed by atoms with van der Waals surface area (Å²) in [4.78, 5) is 11.6. The van der Waals surface area contributed by atoms with Gasteiger partial charge in [-0.15, -0.1) is 0 Å². The largest absolute Gasteiger partial charge is 0.356 e. The predicted octanol–water partition coefficient (Wildman–Crippen LogP) is 2.37. The van der Waals surface area contributed by atoms with Crippen LogP contribution in [0, 0.1) is 5.92 Å². The van der Waals surface area contributed by atoms with Crippen molar-refractivity contribution in [2.75, 3.05) is 20.1 Å². The zero-order chi connectivity index (χ0) is 13.9. The molecule has 0 aromatic heterocycles. The van der Waals surface area contributed by atoms with Crippen molar-refractivity contribution in [2.24, 2.45) is 5.92 Å². The number of amides is 1. The van der Waals surface area contributed by atoms with Gasteiger partial charge in [0, 0.05) is 19.0 Å². The molecular formula is C16H26N2O. The minimum atomic E-state index is 0.0503. The van der Waals surface area contributed by atoms with Crippen LogP contribution < -0.4 is 10.6 Å². The summed E-state index contributed by atoms with van der Waals surface area (Å²) in [6.45, 7) is 3.47. The van der Waals surface area contributed by atoms with Crippen LogP contribution in [-0.4, -0.2) is 26.0 Å². The Kier molecular flexibility index (Phi) is 7.91. The van der Waals surface area contributed by atoms with E-state index in [1.807, 2.05) is 20.0 Å². The van der Waals surface area contributed by atoms with E-state index in [9.17, 15) is 4.79 Å². The van der Waals surface area contributed by atoms with Gasteiger partial charge >= 0.3 is 0 Å². The topological polar surface area (TPSA) is 41.1 Å². The fourth-order valence-corrected chi connectivity index (χ4v) is 2.06. The summed E-state index contributed by atoms with van der Waals surface area (Å²) >= 11 is 0. The first-order valence-corrected chi connectivity index (χ1v) is 7.20. The van der Waals surface area contributed by atoms with Gasteiger partial charge in [0.15, 0.2) is 0 Å². The number of nitrogens with one attached hydrogen (secondary N) is 2. The normalized spacial score (nSPS) is 12.1. The van der Waals surface area contributed by atoms with Gasteiger partial charge in [-0.05, 0) is 31.9 Å². The SMILES string of the molecule is CNCC(C)C(=O)NCCCCCc1ccccc1. The number of hydrogen-bond acceptors (Lipinski definition) is 2. The van der Waals surface area contributed by atoms with E-state index in [-0.39, 0.29) is 11.8 Å². The lowest BCUT2D eigenvalue weighted by molar-refractivity contribution is -0.124. The number of hydrogen-bond donors (Lipinski definition) is 2. The first-order chi connectivity index (χ1) is 9.24. The number of carbonyl (C=O) groups is 1. The lowest BCUT2D eigenvalue weighted by Crippen LogP contribution is -2.34. The van der Waals surface area contributed by atoms with Gasteiger partial charge in [-0.1, -0.05) is 43.7 Å². The molecule has 2 N–H and O–H groups in total. The highest BCUT2D eigenvalue weighted by atomic mass is 16.1. The Balaban J connectivity index is 2.01. The fourth-order valence-electron chi connectivity index (χ4n) is 2.06. The molecule has 3 nitrogen and oxygen atoms in total. The van der Waals surface area contributed by atoms with E-state index in [0.29, 0.717) is 0 Å². The molecule has 1 aromatic carbocycles. The number of unbranched alkanes of at least 4 members (excludes halogenated alkanes) is 2. The molecule has 0 spiro atoms. The van der Waals surface area contributed by atoms with E-state index in [4.69, 9.17) is 0 Å². The van der Waals surface area contributed by atoms with E-state index >= 15 is 0 Å². The molecule has 0 bridgehead atoms. The number of carbonyl (C=O) groups excluding carboxylic acids is 1. The maximum atomic E-state index is 11.6. The van der Waals surface area contributed by atoms with Crippen LogP contribution in [0.3, 0.4) is 0 Å². The van der Waals surface area contributed by atoms with Gasteiger partial charge in [0.1, 0.15) is 0 Å². The predicted molar refractivity (Wildman–Crippen MR) is 80.1 cm³/mol. The van der Waals surface area contributed by atoms with Crippen LogP contribution in [0.5, 0.6) is 0 Å². The van der Waals surface area contributed by atoms with E-state index in [1.54, 1.807) is 0 Å². The Morgan fingerprint density at radius 3 is 2.58 bits per heavy atom. The second-order valence-electron chi connectivity index (χ2n) is 5.05. The summed E-state index contributed by atoms with van der Waals surface area (Å²) in [5.74, 6) is 0.201. The van der Waals surface area contributed by atoms with Crippen molar-refractivity contribution in [3.05, 3.63) is 35.9 Å². The third kappa shape index (κ3) is 6.97. The Bertz CT molecular complexity index is 351. The molecule has 0 radical (unpaired) electrons. The Hall–Kier alpha value is -1.35. The van der Waals surface area contributed by atoms with Crippen LogP contribution in [0.25, 0.3) is 0 Å². The average molecular weight is 262 g/mol. The second-order valence-corrected chi connectivity index (χ2v) is 5.05. The molecule has 1 aromatic rings. The molecule has 19 heavy (non-hydrogen) atoms. The molecule has 0 saturated heterocycles. The standard InChI is InChI=1S/C16H26N2O/c1-14(13-17-2)16(19)18-12-8-4-7-11-15-9-5-3-6-10-15/h3,5-6,9-10,14,17H,4,7-8,11-13H2,1-2H3,(H,18,19). The first-order valence-electron chi connectivity index (χ1n) is 7.20. The minimum absolute atomic E-state index is 0.0503. The molecule has 0 heterocycles. The number of aryl methyl sites for hydroxylation is 1.